The van der Waals surface area contributed by atoms with Crippen molar-refractivity contribution in [3.05, 3.63) is 58.6 Å². The molecular weight excluding hydrogens is 546 g/mol. The van der Waals surface area contributed by atoms with Crippen LogP contribution in [0.15, 0.2) is 53.0 Å². The van der Waals surface area contributed by atoms with Crippen LogP contribution in [-0.4, -0.2) is 57.6 Å². The van der Waals surface area contributed by atoms with Gasteiger partial charge in [0.15, 0.2) is 0 Å². The first kappa shape index (κ1) is 29.6. The van der Waals surface area contributed by atoms with Gasteiger partial charge >= 0.3 is 0 Å². The molecule has 2 rings (SSSR count). The number of unbranched alkanes of at least 4 members (excludes halogenated alkanes) is 1. The van der Waals surface area contributed by atoms with Crippen molar-refractivity contribution >= 4 is 43.5 Å². The standard InChI is InChI=1S/C26H36BrN3O5S/c1-5-6-16-28-26(32)20(2)29(19-21-12-14-22(27)15-13-21)25(31)11-8-17-30(36(4,33)34)23-9-7-10-24(18-23)35-3/h7,9-10,12-15,18,20H,5-6,8,11,16-17,19H2,1-4H3,(H,28,32)/t20-/m0/s1. The lowest BCUT2D eigenvalue weighted by atomic mass is 10.1. The first-order chi connectivity index (χ1) is 17.1. The lowest BCUT2D eigenvalue weighted by molar-refractivity contribution is -0.140. The molecule has 0 fully saturated rings. The summed E-state index contributed by atoms with van der Waals surface area (Å²) in [5.41, 5.74) is 1.37. The van der Waals surface area contributed by atoms with Crippen LogP contribution in [0.2, 0.25) is 0 Å². The van der Waals surface area contributed by atoms with E-state index in [-0.39, 0.29) is 31.3 Å². The molecule has 2 aromatic carbocycles. The van der Waals surface area contributed by atoms with Crippen molar-refractivity contribution in [3.8, 4) is 5.75 Å². The Bertz CT molecular complexity index is 1110. The maximum atomic E-state index is 13.3. The third kappa shape index (κ3) is 9.13. The fourth-order valence-corrected chi connectivity index (χ4v) is 4.90. The molecule has 0 aliphatic carbocycles. The minimum absolute atomic E-state index is 0.0963. The molecule has 198 valence electrons. The molecule has 0 bridgehead atoms. The van der Waals surface area contributed by atoms with E-state index in [4.69, 9.17) is 4.74 Å². The molecule has 0 heterocycles. The smallest absolute Gasteiger partial charge is 0.242 e. The van der Waals surface area contributed by atoms with E-state index in [0.717, 1.165) is 29.1 Å². The van der Waals surface area contributed by atoms with Crippen LogP contribution in [0.3, 0.4) is 0 Å². The molecule has 0 radical (unpaired) electrons. The van der Waals surface area contributed by atoms with Crippen LogP contribution in [0.4, 0.5) is 5.69 Å². The van der Waals surface area contributed by atoms with Gasteiger partial charge in [0.1, 0.15) is 11.8 Å². The molecule has 2 amide bonds. The van der Waals surface area contributed by atoms with Crippen molar-refractivity contribution in [1.82, 2.24) is 10.2 Å². The number of hydrogen-bond donors (Lipinski definition) is 1. The number of carbonyl (C=O) groups is 2. The monoisotopic (exact) mass is 581 g/mol. The minimum Gasteiger partial charge on any atom is -0.497 e. The maximum absolute atomic E-state index is 13.3. The molecule has 1 N–H and O–H groups in total. The Balaban J connectivity index is 2.15. The largest absolute Gasteiger partial charge is 0.497 e. The molecule has 0 saturated heterocycles. The molecule has 36 heavy (non-hydrogen) atoms. The highest BCUT2D eigenvalue weighted by atomic mass is 79.9. The van der Waals surface area contributed by atoms with Gasteiger partial charge in [-0.15, -0.1) is 0 Å². The summed E-state index contributed by atoms with van der Waals surface area (Å²) in [7, 11) is -2.06. The summed E-state index contributed by atoms with van der Waals surface area (Å²) in [6, 6.07) is 13.7. The Morgan fingerprint density at radius 2 is 1.81 bits per heavy atom. The molecule has 0 aromatic heterocycles. The summed E-state index contributed by atoms with van der Waals surface area (Å²) in [6.07, 6.45) is 3.35. The van der Waals surface area contributed by atoms with Crippen LogP contribution in [0.1, 0.15) is 45.1 Å². The zero-order valence-electron chi connectivity index (χ0n) is 21.4. The number of nitrogens with one attached hydrogen (secondary N) is 1. The van der Waals surface area contributed by atoms with E-state index in [1.807, 2.05) is 31.2 Å². The molecule has 0 saturated carbocycles. The molecule has 0 aliphatic rings. The van der Waals surface area contributed by atoms with Gasteiger partial charge in [-0.2, -0.15) is 0 Å². The second kappa shape index (κ2) is 14.2. The van der Waals surface area contributed by atoms with Gasteiger partial charge in [-0.05, 0) is 49.6 Å². The lowest BCUT2D eigenvalue weighted by Gasteiger charge is -2.29. The fraction of sp³-hybridized carbons (Fsp3) is 0.462. The number of rotatable bonds is 14. The van der Waals surface area contributed by atoms with Gasteiger partial charge in [-0.25, -0.2) is 8.42 Å². The number of methoxy groups -OCH3 is 1. The Morgan fingerprint density at radius 1 is 1.11 bits per heavy atom. The van der Waals surface area contributed by atoms with E-state index in [9.17, 15) is 18.0 Å². The summed E-state index contributed by atoms with van der Waals surface area (Å²) in [5, 5.41) is 2.90. The van der Waals surface area contributed by atoms with Crippen molar-refractivity contribution in [1.29, 1.82) is 0 Å². The van der Waals surface area contributed by atoms with E-state index >= 15 is 0 Å². The maximum Gasteiger partial charge on any atom is 0.242 e. The summed E-state index contributed by atoms with van der Waals surface area (Å²) in [4.78, 5) is 27.6. The average Bonchev–Trinajstić information content (AvgIpc) is 2.85. The van der Waals surface area contributed by atoms with Crippen LogP contribution in [0.25, 0.3) is 0 Å². The van der Waals surface area contributed by atoms with E-state index in [2.05, 4.69) is 21.2 Å². The van der Waals surface area contributed by atoms with E-state index in [0.29, 0.717) is 24.4 Å². The predicted molar refractivity (Wildman–Crippen MR) is 146 cm³/mol. The third-order valence-corrected chi connectivity index (χ3v) is 7.48. The van der Waals surface area contributed by atoms with Gasteiger partial charge in [0.05, 0.1) is 19.1 Å². The Kier molecular flexibility index (Phi) is 11.7. The number of anilines is 1. The van der Waals surface area contributed by atoms with E-state index in [1.165, 1.54) is 11.4 Å². The second-order valence-corrected chi connectivity index (χ2v) is 11.4. The second-order valence-electron chi connectivity index (χ2n) is 8.61. The number of sulfonamides is 1. The Morgan fingerprint density at radius 3 is 2.42 bits per heavy atom. The SMILES string of the molecule is CCCCNC(=O)[C@H](C)N(Cc1ccc(Br)cc1)C(=O)CCCN(c1cccc(OC)c1)S(C)(=O)=O. The van der Waals surface area contributed by atoms with Crippen LogP contribution in [0.5, 0.6) is 5.75 Å². The normalized spacial score (nSPS) is 12.0. The molecule has 8 nitrogen and oxygen atoms in total. The number of halogens is 1. The first-order valence-corrected chi connectivity index (χ1v) is 14.6. The van der Waals surface area contributed by atoms with Crippen molar-refractivity contribution < 1.29 is 22.7 Å². The topological polar surface area (TPSA) is 96.0 Å². The highest BCUT2D eigenvalue weighted by Gasteiger charge is 2.26. The highest BCUT2D eigenvalue weighted by Crippen LogP contribution is 2.24. The van der Waals surface area contributed by atoms with Crippen molar-refractivity contribution in [2.24, 2.45) is 0 Å². The first-order valence-electron chi connectivity index (χ1n) is 12.0. The van der Waals surface area contributed by atoms with Crippen molar-refractivity contribution in [2.45, 2.75) is 52.1 Å². The van der Waals surface area contributed by atoms with Crippen molar-refractivity contribution in [3.63, 3.8) is 0 Å². The van der Waals surface area contributed by atoms with E-state index in [1.54, 1.807) is 36.1 Å². The summed E-state index contributed by atoms with van der Waals surface area (Å²) in [6.45, 7) is 4.73. The van der Waals surface area contributed by atoms with E-state index < -0.39 is 16.1 Å². The van der Waals surface area contributed by atoms with Crippen molar-refractivity contribution in [2.75, 3.05) is 30.8 Å². The molecule has 0 spiro atoms. The number of benzene rings is 2. The quantitative estimate of drug-likeness (QED) is 0.335. The zero-order chi connectivity index (χ0) is 26.7. The lowest BCUT2D eigenvalue weighted by Crippen LogP contribution is -2.47. The summed E-state index contributed by atoms with van der Waals surface area (Å²) in [5.74, 6) is 0.124. The molecule has 1 atom stereocenters. The number of carbonyl (C=O) groups excluding carboxylic acids is 2. The minimum atomic E-state index is -3.57. The molecule has 0 unspecified atom stereocenters. The zero-order valence-corrected chi connectivity index (χ0v) is 23.8. The Labute approximate surface area is 223 Å². The molecule has 0 aliphatic heterocycles. The highest BCUT2D eigenvalue weighted by molar-refractivity contribution is 9.10. The summed E-state index contributed by atoms with van der Waals surface area (Å²) >= 11 is 3.41. The number of hydrogen-bond acceptors (Lipinski definition) is 5. The number of amides is 2. The van der Waals surface area contributed by atoms with Gasteiger partial charge in [-0.1, -0.05) is 47.5 Å². The predicted octanol–water partition coefficient (Wildman–Crippen LogP) is 4.34. The van der Waals surface area contributed by atoms with Gasteiger partial charge in [-0.3, -0.25) is 13.9 Å². The van der Waals surface area contributed by atoms with Crippen LogP contribution in [-0.2, 0) is 26.2 Å². The Hall–Kier alpha value is -2.59. The van der Waals surface area contributed by atoms with Gasteiger partial charge in [0.25, 0.3) is 0 Å². The molecule has 10 heteroatoms. The number of nitrogens with zero attached hydrogens (tertiary/aromatic N) is 2. The van der Waals surface area contributed by atoms with Crippen LogP contribution >= 0.6 is 15.9 Å². The van der Waals surface area contributed by atoms with Crippen LogP contribution < -0.4 is 14.4 Å². The third-order valence-electron chi connectivity index (χ3n) is 5.76. The van der Waals surface area contributed by atoms with Gasteiger partial charge in [0, 0.05) is 36.6 Å². The van der Waals surface area contributed by atoms with Gasteiger partial charge in [0.2, 0.25) is 21.8 Å². The van der Waals surface area contributed by atoms with Crippen LogP contribution in [0, 0.1) is 0 Å². The molecular formula is C26H36BrN3O5S. The summed E-state index contributed by atoms with van der Waals surface area (Å²) < 4.78 is 32.3. The number of ether oxygens (including phenoxy) is 1. The van der Waals surface area contributed by atoms with Gasteiger partial charge < -0.3 is 15.0 Å². The fourth-order valence-electron chi connectivity index (χ4n) is 3.67. The average molecular weight is 583 g/mol. The molecule has 2 aromatic rings.